The quantitative estimate of drug-likeness (QED) is 0.203. The lowest BCUT2D eigenvalue weighted by Crippen LogP contribution is -2.30. The molecule has 2 amide bonds. The van der Waals surface area contributed by atoms with E-state index in [-0.39, 0.29) is 36.8 Å². The second-order valence-electron chi connectivity index (χ2n) is 7.90. The molecule has 13 heteroatoms. The van der Waals surface area contributed by atoms with Crippen LogP contribution < -0.4 is 14.2 Å². The van der Waals surface area contributed by atoms with E-state index in [4.69, 9.17) is 18.9 Å². The van der Waals surface area contributed by atoms with Gasteiger partial charge in [0, 0.05) is 23.7 Å². The van der Waals surface area contributed by atoms with Gasteiger partial charge in [-0.25, -0.2) is 9.59 Å². The molecule has 2 N–H and O–H groups in total. The van der Waals surface area contributed by atoms with Gasteiger partial charge in [-0.05, 0) is 43.7 Å². The Balaban J connectivity index is 1.80. The van der Waals surface area contributed by atoms with Gasteiger partial charge in [-0.1, -0.05) is 12.8 Å². The Morgan fingerprint density at radius 1 is 0.974 bits per heavy atom. The van der Waals surface area contributed by atoms with Crippen molar-refractivity contribution in [2.24, 2.45) is 0 Å². The molecule has 0 unspecified atom stereocenters. The fourth-order valence-electron chi connectivity index (χ4n) is 3.65. The standard InChI is InChI=1S/C25H26N2O10S/c1-3-34-22(30)12-36-20-8-17(18(28)9-21(20)37-13-23(31)35-4-2)19(29)11-27-10-15-7-14(24(32)26-38)5-6-16(15)25(27)33/h5-9,28,38H,3-4,10-13H2,1-2H3,(H,26,32). The molecule has 202 valence electrons. The molecule has 0 fully saturated rings. The molecule has 1 aliphatic heterocycles. The van der Waals surface area contributed by atoms with Crippen LogP contribution in [0, 0.1) is 0 Å². The first-order valence-corrected chi connectivity index (χ1v) is 12.0. The molecule has 0 atom stereocenters. The third-order valence-electron chi connectivity index (χ3n) is 5.35. The van der Waals surface area contributed by atoms with Gasteiger partial charge >= 0.3 is 11.9 Å². The number of nitrogens with one attached hydrogen (secondary N) is 1. The van der Waals surface area contributed by atoms with Crippen LogP contribution in [0.2, 0.25) is 0 Å². The van der Waals surface area contributed by atoms with Crippen molar-refractivity contribution in [2.75, 3.05) is 33.0 Å². The van der Waals surface area contributed by atoms with E-state index >= 15 is 0 Å². The minimum atomic E-state index is -0.684. The second kappa shape index (κ2) is 12.8. The van der Waals surface area contributed by atoms with Crippen molar-refractivity contribution in [1.29, 1.82) is 0 Å². The molecule has 0 aromatic heterocycles. The molecule has 0 bridgehead atoms. The predicted octanol–water partition coefficient (Wildman–Crippen LogP) is 1.69. The summed E-state index contributed by atoms with van der Waals surface area (Å²) in [6.45, 7) is 2.15. The molecular weight excluding hydrogens is 520 g/mol. The monoisotopic (exact) mass is 546 g/mol. The Morgan fingerprint density at radius 2 is 1.58 bits per heavy atom. The predicted molar refractivity (Wildman–Crippen MR) is 134 cm³/mol. The number of fused-ring (bicyclic) bond motifs is 1. The highest BCUT2D eigenvalue weighted by Gasteiger charge is 2.31. The summed E-state index contributed by atoms with van der Waals surface area (Å²) in [7, 11) is 0. The van der Waals surface area contributed by atoms with Crippen LogP contribution in [0.3, 0.4) is 0 Å². The third kappa shape index (κ3) is 6.73. The molecule has 2 aromatic carbocycles. The third-order valence-corrected chi connectivity index (χ3v) is 5.55. The van der Waals surface area contributed by atoms with E-state index in [1.54, 1.807) is 13.8 Å². The van der Waals surface area contributed by atoms with Gasteiger partial charge in [0.05, 0.1) is 25.3 Å². The Morgan fingerprint density at radius 3 is 2.16 bits per heavy atom. The molecule has 0 saturated carbocycles. The number of hydrogen-bond donors (Lipinski definition) is 3. The number of nitrogens with zero attached hydrogens (tertiary/aromatic N) is 1. The van der Waals surface area contributed by atoms with Crippen LogP contribution in [0.1, 0.15) is 50.5 Å². The number of amides is 2. The Hall–Kier alpha value is -4.26. The minimum Gasteiger partial charge on any atom is -0.507 e. The number of carbonyl (C=O) groups excluding carboxylic acids is 5. The number of ketones is 1. The van der Waals surface area contributed by atoms with Crippen molar-refractivity contribution in [3.05, 3.63) is 52.6 Å². The number of esters is 2. The molecule has 0 aliphatic carbocycles. The number of aromatic hydroxyl groups is 1. The summed E-state index contributed by atoms with van der Waals surface area (Å²) in [6.07, 6.45) is 0. The fourth-order valence-corrected chi connectivity index (χ4v) is 3.78. The van der Waals surface area contributed by atoms with Crippen molar-refractivity contribution in [3.63, 3.8) is 0 Å². The summed E-state index contributed by atoms with van der Waals surface area (Å²) < 4.78 is 22.6. The zero-order valence-electron chi connectivity index (χ0n) is 20.6. The van der Waals surface area contributed by atoms with Gasteiger partial charge in [-0.3, -0.25) is 19.1 Å². The van der Waals surface area contributed by atoms with Crippen molar-refractivity contribution in [3.8, 4) is 17.2 Å². The lowest BCUT2D eigenvalue weighted by molar-refractivity contribution is -0.146. The summed E-state index contributed by atoms with van der Waals surface area (Å²) in [6, 6.07) is 6.73. The van der Waals surface area contributed by atoms with Gasteiger partial charge < -0.3 is 29.0 Å². The number of phenols is 1. The highest BCUT2D eigenvalue weighted by Crippen LogP contribution is 2.35. The average Bonchev–Trinajstić information content (AvgIpc) is 3.20. The minimum absolute atomic E-state index is 0.0707. The number of ether oxygens (including phenoxy) is 4. The Bertz CT molecular complexity index is 1260. The zero-order chi connectivity index (χ0) is 27.8. The SMILES string of the molecule is CCOC(=O)COc1cc(O)c(C(=O)CN2Cc3cc(C(=O)NS)ccc3C2=O)cc1OCC(=O)OCC. The molecule has 3 rings (SSSR count). The van der Waals surface area contributed by atoms with Crippen molar-refractivity contribution in [1.82, 2.24) is 9.62 Å². The highest BCUT2D eigenvalue weighted by molar-refractivity contribution is 7.78. The van der Waals surface area contributed by atoms with Crippen molar-refractivity contribution < 1.29 is 48.0 Å². The molecule has 0 spiro atoms. The number of hydrogen-bond acceptors (Lipinski definition) is 11. The summed E-state index contributed by atoms with van der Waals surface area (Å²) in [5.74, 6) is -3.56. The summed E-state index contributed by atoms with van der Waals surface area (Å²) in [5, 5.41) is 10.5. The number of Topliss-reactive ketones (excluding diaryl/α,β-unsaturated/α-hetero) is 1. The molecule has 0 radical (unpaired) electrons. The fraction of sp³-hybridized carbons (Fsp3) is 0.320. The van der Waals surface area contributed by atoms with E-state index in [1.807, 2.05) is 0 Å². The van der Waals surface area contributed by atoms with Crippen molar-refractivity contribution in [2.45, 2.75) is 20.4 Å². The van der Waals surface area contributed by atoms with Crippen LogP contribution in [-0.4, -0.2) is 72.5 Å². The average molecular weight is 547 g/mol. The van der Waals surface area contributed by atoms with E-state index in [0.717, 1.165) is 12.1 Å². The number of carbonyl (C=O) groups is 5. The molecule has 1 aliphatic rings. The molecule has 12 nitrogen and oxygen atoms in total. The molecular formula is C25H26N2O10S. The molecule has 38 heavy (non-hydrogen) atoms. The first kappa shape index (κ1) is 28.3. The van der Waals surface area contributed by atoms with E-state index in [1.165, 1.54) is 23.1 Å². The van der Waals surface area contributed by atoms with Crippen LogP contribution in [0.5, 0.6) is 17.2 Å². The van der Waals surface area contributed by atoms with Crippen LogP contribution >= 0.6 is 12.8 Å². The van der Waals surface area contributed by atoms with Gasteiger partial charge in [-0.15, -0.1) is 0 Å². The lowest BCUT2D eigenvalue weighted by Gasteiger charge is -2.17. The van der Waals surface area contributed by atoms with E-state index in [9.17, 15) is 29.1 Å². The van der Waals surface area contributed by atoms with Crippen LogP contribution in [0.4, 0.5) is 0 Å². The molecule has 2 aromatic rings. The maximum atomic E-state index is 13.1. The lowest BCUT2D eigenvalue weighted by atomic mass is 10.1. The molecule has 1 heterocycles. The smallest absolute Gasteiger partial charge is 0.344 e. The van der Waals surface area contributed by atoms with E-state index < -0.39 is 55.0 Å². The van der Waals surface area contributed by atoms with Gasteiger partial charge in [-0.2, -0.15) is 0 Å². The number of phenolic OH excluding ortho intramolecular Hbond substituents is 1. The first-order chi connectivity index (χ1) is 18.2. The highest BCUT2D eigenvalue weighted by atomic mass is 32.1. The topological polar surface area (TPSA) is 158 Å². The van der Waals surface area contributed by atoms with Crippen LogP contribution in [0.25, 0.3) is 0 Å². The number of benzene rings is 2. The molecule has 0 saturated heterocycles. The summed E-state index contributed by atoms with van der Waals surface area (Å²) in [5.41, 5.74) is 1.01. The maximum absolute atomic E-state index is 13.1. The second-order valence-corrected chi connectivity index (χ2v) is 8.12. The van der Waals surface area contributed by atoms with E-state index in [0.29, 0.717) is 16.7 Å². The number of rotatable bonds is 12. The largest absolute Gasteiger partial charge is 0.507 e. The number of thiol groups is 1. The van der Waals surface area contributed by atoms with Gasteiger partial charge in [0.15, 0.2) is 30.5 Å². The van der Waals surface area contributed by atoms with Crippen LogP contribution in [-0.2, 0) is 25.6 Å². The van der Waals surface area contributed by atoms with E-state index in [2.05, 4.69) is 17.5 Å². The van der Waals surface area contributed by atoms with Gasteiger partial charge in [0.2, 0.25) is 0 Å². The normalized spacial score (nSPS) is 12.0. The van der Waals surface area contributed by atoms with Gasteiger partial charge in [0.1, 0.15) is 5.75 Å². The summed E-state index contributed by atoms with van der Waals surface area (Å²) in [4.78, 5) is 62.5. The van der Waals surface area contributed by atoms with Crippen molar-refractivity contribution >= 4 is 42.4 Å². The Kier molecular flexibility index (Phi) is 9.55. The summed E-state index contributed by atoms with van der Waals surface area (Å²) >= 11 is 3.73. The van der Waals surface area contributed by atoms with Gasteiger partial charge in [0.25, 0.3) is 11.8 Å². The Labute approximate surface area is 223 Å². The van der Waals surface area contributed by atoms with Crippen LogP contribution in [0.15, 0.2) is 30.3 Å². The zero-order valence-corrected chi connectivity index (χ0v) is 21.5. The first-order valence-electron chi connectivity index (χ1n) is 11.5. The maximum Gasteiger partial charge on any atom is 0.344 e.